The van der Waals surface area contributed by atoms with Gasteiger partial charge < -0.3 is 9.84 Å². The number of aryl methyl sites for hydroxylation is 1. The largest absolute Gasteiger partial charge is 0.466 e. The Morgan fingerprint density at radius 3 is 2.42 bits per heavy atom. The molecule has 0 unspecified atom stereocenters. The number of aliphatic hydroxyl groups is 1. The first-order valence-corrected chi connectivity index (χ1v) is 6.98. The average molecular weight is 264 g/mol. The first-order chi connectivity index (χ1) is 9.08. The van der Waals surface area contributed by atoms with Crippen molar-refractivity contribution in [3.05, 3.63) is 35.4 Å². The molecular formula is C16H24O3. The van der Waals surface area contributed by atoms with E-state index in [9.17, 15) is 9.90 Å². The minimum absolute atomic E-state index is 0.302. The molecule has 0 aromatic heterocycles. The molecule has 0 amide bonds. The highest BCUT2D eigenvalue weighted by Crippen LogP contribution is 2.18. The van der Waals surface area contributed by atoms with Crippen molar-refractivity contribution in [1.82, 2.24) is 0 Å². The Hall–Kier alpha value is -1.35. The van der Waals surface area contributed by atoms with Crippen LogP contribution < -0.4 is 0 Å². The van der Waals surface area contributed by atoms with Crippen LogP contribution in [0.25, 0.3) is 0 Å². The zero-order valence-electron chi connectivity index (χ0n) is 12.1. The smallest absolute Gasteiger partial charge is 0.311 e. The Morgan fingerprint density at radius 2 is 1.89 bits per heavy atom. The highest BCUT2D eigenvalue weighted by atomic mass is 16.5. The molecule has 0 aliphatic heterocycles. The fourth-order valence-corrected chi connectivity index (χ4v) is 2.10. The van der Waals surface area contributed by atoms with E-state index in [1.165, 1.54) is 5.56 Å². The highest BCUT2D eigenvalue weighted by Gasteiger charge is 2.27. The minimum Gasteiger partial charge on any atom is -0.466 e. The number of hydrogen-bond acceptors (Lipinski definition) is 3. The Kier molecular flexibility index (Phi) is 6.57. The molecule has 0 heterocycles. The number of hydrogen-bond donors (Lipinski definition) is 1. The maximum absolute atomic E-state index is 11.9. The summed E-state index contributed by atoms with van der Waals surface area (Å²) in [4.78, 5) is 11.9. The lowest BCUT2D eigenvalue weighted by molar-refractivity contribution is -0.152. The van der Waals surface area contributed by atoms with Crippen LogP contribution in [0.3, 0.4) is 0 Å². The molecule has 1 rings (SSSR count). The van der Waals surface area contributed by atoms with Crippen molar-refractivity contribution in [2.45, 2.75) is 46.1 Å². The van der Waals surface area contributed by atoms with Gasteiger partial charge in [0.1, 0.15) is 0 Å². The molecule has 0 aliphatic rings. The molecule has 3 nitrogen and oxygen atoms in total. The van der Waals surface area contributed by atoms with Gasteiger partial charge in [0.05, 0.1) is 18.6 Å². The number of aliphatic hydroxyl groups excluding tert-OH is 1. The maximum atomic E-state index is 11.9. The van der Waals surface area contributed by atoms with Crippen molar-refractivity contribution in [2.24, 2.45) is 5.92 Å². The Labute approximate surface area is 115 Å². The van der Waals surface area contributed by atoms with Gasteiger partial charge in [-0.05, 0) is 32.3 Å². The zero-order valence-corrected chi connectivity index (χ0v) is 12.1. The molecule has 0 bridgehead atoms. The molecule has 2 atom stereocenters. The van der Waals surface area contributed by atoms with E-state index >= 15 is 0 Å². The normalized spacial score (nSPS) is 13.9. The van der Waals surface area contributed by atoms with Crippen LogP contribution in [0.5, 0.6) is 0 Å². The molecular weight excluding hydrogens is 240 g/mol. The van der Waals surface area contributed by atoms with Crippen LogP contribution in [0.15, 0.2) is 24.3 Å². The average Bonchev–Trinajstić information content (AvgIpc) is 2.38. The Morgan fingerprint density at radius 1 is 1.26 bits per heavy atom. The van der Waals surface area contributed by atoms with Crippen molar-refractivity contribution < 1.29 is 14.6 Å². The van der Waals surface area contributed by atoms with E-state index in [2.05, 4.69) is 0 Å². The molecule has 0 spiro atoms. The molecule has 0 saturated heterocycles. The van der Waals surface area contributed by atoms with Gasteiger partial charge in [0.25, 0.3) is 0 Å². The van der Waals surface area contributed by atoms with Crippen LogP contribution >= 0.6 is 0 Å². The fourth-order valence-electron chi connectivity index (χ4n) is 2.10. The minimum atomic E-state index is -0.634. The number of carbonyl (C=O) groups is 1. The predicted octanol–water partition coefficient (Wildman–Crippen LogP) is 2.88. The maximum Gasteiger partial charge on any atom is 0.311 e. The van der Waals surface area contributed by atoms with E-state index in [1.807, 2.05) is 38.1 Å². The summed E-state index contributed by atoms with van der Waals surface area (Å²) in [5, 5.41) is 10.1. The molecule has 1 aromatic rings. The van der Waals surface area contributed by atoms with Crippen molar-refractivity contribution in [3.8, 4) is 0 Å². The van der Waals surface area contributed by atoms with Gasteiger partial charge in [0.15, 0.2) is 0 Å². The van der Waals surface area contributed by atoms with Gasteiger partial charge in [0.2, 0.25) is 0 Å². The number of benzene rings is 1. The van der Waals surface area contributed by atoms with Crippen molar-refractivity contribution >= 4 is 5.97 Å². The monoisotopic (exact) mass is 264 g/mol. The quantitative estimate of drug-likeness (QED) is 0.770. The summed E-state index contributed by atoms with van der Waals surface area (Å²) in [5.41, 5.74) is 2.24. The fraction of sp³-hybridized carbons (Fsp3) is 0.562. The van der Waals surface area contributed by atoms with E-state index in [4.69, 9.17) is 4.74 Å². The van der Waals surface area contributed by atoms with Crippen LogP contribution in [0, 0.1) is 12.8 Å². The Bertz CT molecular complexity index is 383. The summed E-state index contributed by atoms with van der Waals surface area (Å²) < 4.78 is 5.07. The third-order valence-corrected chi connectivity index (χ3v) is 3.21. The van der Waals surface area contributed by atoms with E-state index < -0.39 is 12.0 Å². The molecule has 106 valence electrons. The van der Waals surface area contributed by atoms with Crippen LogP contribution in [-0.2, 0) is 16.0 Å². The summed E-state index contributed by atoms with van der Waals surface area (Å²) in [6.45, 7) is 6.16. The van der Waals surface area contributed by atoms with Gasteiger partial charge in [-0.2, -0.15) is 0 Å². The van der Waals surface area contributed by atoms with E-state index in [0.29, 0.717) is 19.4 Å². The van der Waals surface area contributed by atoms with Gasteiger partial charge in [-0.15, -0.1) is 0 Å². The lowest BCUT2D eigenvalue weighted by Crippen LogP contribution is -2.31. The topological polar surface area (TPSA) is 46.5 Å². The molecule has 1 aromatic carbocycles. The van der Waals surface area contributed by atoms with Crippen molar-refractivity contribution in [2.75, 3.05) is 6.61 Å². The van der Waals surface area contributed by atoms with Crippen LogP contribution in [0.2, 0.25) is 0 Å². The SMILES string of the molecule is CCC[C@@H](O)[C@H](Cc1ccc(C)cc1)C(=O)OCC. The first kappa shape index (κ1) is 15.7. The highest BCUT2D eigenvalue weighted by molar-refractivity contribution is 5.73. The summed E-state index contributed by atoms with van der Waals surface area (Å²) in [7, 11) is 0. The van der Waals surface area contributed by atoms with E-state index in [1.54, 1.807) is 6.92 Å². The van der Waals surface area contributed by atoms with E-state index in [0.717, 1.165) is 12.0 Å². The summed E-state index contributed by atoms with van der Waals surface area (Å²) >= 11 is 0. The number of carbonyl (C=O) groups excluding carboxylic acids is 1. The molecule has 19 heavy (non-hydrogen) atoms. The summed E-state index contributed by atoms with van der Waals surface area (Å²) in [6, 6.07) is 8.04. The molecule has 3 heteroatoms. The number of ether oxygens (including phenoxy) is 1. The second kappa shape index (κ2) is 7.95. The van der Waals surface area contributed by atoms with Gasteiger partial charge in [-0.1, -0.05) is 43.2 Å². The number of esters is 1. The molecule has 1 N–H and O–H groups in total. The summed E-state index contributed by atoms with van der Waals surface area (Å²) in [5.74, 6) is -0.772. The first-order valence-electron chi connectivity index (χ1n) is 6.98. The van der Waals surface area contributed by atoms with E-state index in [-0.39, 0.29) is 5.97 Å². The lowest BCUT2D eigenvalue weighted by Gasteiger charge is -2.21. The Balaban J connectivity index is 2.78. The van der Waals surface area contributed by atoms with Crippen LogP contribution in [0.1, 0.15) is 37.8 Å². The molecule has 0 saturated carbocycles. The predicted molar refractivity (Wildman–Crippen MR) is 75.9 cm³/mol. The third-order valence-electron chi connectivity index (χ3n) is 3.21. The van der Waals surface area contributed by atoms with Crippen molar-refractivity contribution in [1.29, 1.82) is 0 Å². The molecule has 0 aliphatic carbocycles. The van der Waals surface area contributed by atoms with Gasteiger partial charge in [-0.3, -0.25) is 4.79 Å². The van der Waals surface area contributed by atoms with Gasteiger partial charge in [0, 0.05) is 0 Å². The number of rotatable bonds is 7. The van der Waals surface area contributed by atoms with Crippen molar-refractivity contribution in [3.63, 3.8) is 0 Å². The van der Waals surface area contributed by atoms with Crippen LogP contribution in [0.4, 0.5) is 0 Å². The molecule has 0 fully saturated rings. The second-order valence-corrected chi connectivity index (χ2v) is 4.90. The van der Waals surface area contributed by atoms with Gasteiger partial charge in [-0.25, -0.2) is 0 Å². The van der Waals surface area contributed by atoms with Crippen LogP contribution in [-0.4, -0.2) is 23.8 Å². The third kappa shape index (κ3) is 5.03. The summed E-state index contributed by atoms with van der Waals surface area (Å²) in [6.07, 6.45) is 1.37. The standard InChI is InChI=1S/C16H24O3/c1-4-6-15(17)14(16(18)19-5-2)11-13-9-7-12(3)8-10-13/h7-10,14-15,17H,4-6,11H2,1-3H3/t14-,15+/m0/s1. The second-order valence-electron chi connectivity index (χ2n) is 4.90. The van der Waals surface area contributed by atoms with Gasteiger partial charge >= 0.3 is 5.97 Å². The lowest BCUT2D eigenvalue weighted by atomic mass is 9.91. The zero-order chi connectivity index (χ0) is 14.3. The molecule has 0 radical (unpaired) electrons.